The summed E-state index contributed by atoms with van der Waals surface area (Å²) in [4.78, 5) is 22.9. The molecule has 1 rings (SSSR count). The van der Waals surface area contributed by atoms with Gasteiger partial charge in [0.25, 0.3) is 5.91 Å². The molecule has 0 aromatic heterocycles. The van der Waals surface area contributed by atoms with Gasteiger partial charge in [-0.2, -0.15) is 0 Å². The van der Waals surface area contributed by atoms with Gasteiger partial charge in [0.15, 0.2) is 0 Å². The molecule has 0 heterocycles. The number of hydrogen-bond acceptors (Lipinski definition) is 3. The molecule has 4 heteroatoms. The van der Waals surface area contributed by atoms with Crippen molar-refractivity contribution in [2.45, 2.75) is 13.8 Å². The summed E-state index contributed by atoms with van der Waals surface area (Å²) in [6, 6.07) is 3.43. The van der Waals surface area contributed by atoms with Gasteiger partial charge in [0.2, 0.25) is 5.78 Å². The molecule has 4 nitrogen and oxygen atoms in total. The minimum absolute atomic E-state index is 0.414. The Labute approximate surface area is 94.6 Å². The summed E-state index contributed by atoms with van der Waals surface area (Å²) in [5.74, 6) is -0.413. The topological polar surface area (TPSA) is 55.4 Å². The molecule has 0 unspecified atom stereocenters. The highest BCUT2D eigenvalue weighted by molar-refractivity contribution is 6.43. The van der Waals surface area contributed by atoms with Crippen molar-refractivity contribution in [3.63, 3.8) is 0 Å². The second-order valence-electron chi connectivity index (χ2n) is 3.54. The molecule has 0 aliphatic heterocycles. The Morgan fingerprint density at radius 3 is 2.31 bits per heavy atom. The number of amides is 1. The first-order valence-corrected chi connectivity index (χ1v) is 4.93. The second kappa shape index (κ2) is 4.79. The van der Waals surface area contributed by atoms with Gasteiger partial charge in [-0.3, -0.25) is 9.59 Å². The summed E-state index contributed by atoms with van der Waals surface area (Å²) >= 11 is 0. The molecule has 0 saturated heterocycles. The SMILES string of the molecule is CNC(=O)C(=O)c1cc(C)c(OC)cc1C. The van der Waals surface area contributed by atoms with E-state index in [1.807, 2.05) is 6.92 Å². The smallest absolute Gasteiger partial charge is 0.292 e. The molecule has 1 aromatic carbocycles. The minimum Gasteiger partial charge on any atom is -0.496 e. The van der Waals surface area contributed by atoms with Gasteiger partial charge in [0, 0.05) is 12.6 Å². The third-order valence-electron chi connectivity index (χ3n) is 2.42. The number of aryl methyl sites for hydroxylation is 2. The lowest BCUT2D eigenvalue weighted by molar-refractivity contribution is -0.116. The molecule has 1 N–H and O–H groups in total. The lowest BCUT2D eigenvalue weighted by Crippen LogP contribution is -2.28. The Kier molecular flexibility index (Phi) is 3.66. The van der Waals surface area contributed by atoms with Crippen molar-refractivity contribution in [1.29, 1.82) is 0 Å². The average molecular weight is 221 g/mol. The molecule has 0 aliphatic rings. The fourth-order valence-electron chi connectivity index (χ4n) is 1.49. The summed E-state index contributed by atoms with van der Waals surface area (Å²) in [7, 11) is 3.01. The Morgan fingerprint density at radius 2 is 1.81 bits per heavy atom. The maximum absolute atomic E-state index is 11.7. The highest BCUT2D eigenvalue weighted by Crippen LogP contribution is 2.22. The molecule has 0 aliphatic carbocycles. The molecule has 0 radical (unpaired) electrons. The van der Waals surface area contributed by atoms with Gasteiger partial charge < -0.3 is 10.1 Å². The van der Waals surface area contributed by atoms with Crippen LogP contribution >= 0.6 is 0 Å². The molecule has 0 spiro atoms. The molecule has 1 aromatic rings. The Balaban J connectivity index is 3.21. The predicted octanol–water partition coefficient (Wildman–Crippen LogP) is 1.24. The first-order valence-electron chi connectivity index (χ1n) is 4.93. The van der Waals surface area contributed by atoms with Gasteiger partial charge in [-0.05, 0) is 37.1 Å². The van der Waals surface area contributed by atoms with Crippen molar-refractivity contribution in [2.24, 2.45) is 0 Å². The van der Waals surface area contributed by atoms with E-state index in [0.717, 1.165) is 11.1 Å². The van der Waals surface area contributed by atoms with Crippen molar-refractivity contribution in [3.05, 3.63) is 28.8 Å². The van der Waals surface area contributed by atoms with Crippen LogP contribution in [-0.2, 0) is 4.79 Å². The highest BCUT2D eigenvalue weighted by atomic mass is 16.5. The summed E-state index contributed by atoms with van der Waals surface area (Å²) in [5, 5.41) is 2.32. The van der Waals surface area contributed by atoms with Crippen LogP contribution in [-0.4, -0.2) is 25.8 Å². The van der Waals surface area contributed by atoms with E-state index in [-0.39, 0.29) is 0 Å². The number of ketones is 1. The summed E-state index contributed by atoms with van der Waals surface area (Å²) in [5.41, 5.74) is 1.98. The summed E-state index contributed by atoms with van der Waals surface area (Å²) in [6.45, 7) is 3.61. The first kappa shape index (κ1) is 12.2. The van der Waals surface area contributed by atoms with E-state index in [9.17, 15) is 9.59 Å². The number of carbonyl (C=O) groups excluding carboxylic acids is 2. The average Bonchev–Trinajstić information content (AvgIpc) is 2.29. The van der Waals surface area contributed by atoms with Crippen molar-refractivity contribution in [2.75, 3.05) is 14.2 Å². The van der Waals surface area contributed by atoms with Crippen molar-refractivity contribution < 1.29 is 14.3 Å². The standard InChI is InChI=1S/C12H15NO3/c1-7-6-10(16-4)8(2)5-9(7)11(14)12(15)13-3/h5-6H,1-4H3,(H,13,15). The number of benzene rings is 1. The van der Waals surface area contributed by atoms with Crippen LogP contribution in [0.5, 0.6) is 5.75 Å². The van der Waals surface area contributed by atoms with Crippen LogP contribution in [0, 0.1) is 13.8 Å². The Morgan fingerprint density at radius 1 is 1.19 bits per heavy atom. The number of methoxy groups -OCH3 is 1. The molecule has 1 amide bonds. The van der Waals surface area contributed by atoms with E-state index in [0.29, 0.717) is 11.3 Å². The Bertz CT molecular complexity index is 438. The zero-order valence-corrected chi connectivity index (χ0v) is 9.88. The van der Waals surface area contributed by atoms with Gasteiger partial charge in [0.05, 0.1) is 7.11 Å². The van der Waals surface area contributed by atoms with Crippen LogP contribution in [0.15, 0.2) is 12.1 Å². The fraction of sp³-hybridized carbons (Fsp3) is 0.333. The van der Waals surface area contributed by atoms with E-state index in [1.54, 1.807) is 26.2 Å². The fourth-order valence-corrected chi connectivity index (χ4v) is 1.49. The largest absolute Gasteiger partial charge is 0.496 e. The van der Waals surface area contributed by atoms with Gasteiger partial charge in [-0.1, -0.05) is 0 Å². The lowest BCUT2D eigenvalue weighted by Gasteiger charge is -2.09. The van der Waals surface area contributed by atoms with Crippen LogP contribution in [0.25, 0.3) is 0 Å². The molecule has 16 heavy (non-hydrogen) atoms. The van der Waals surface area contributed by atoms with Crippen LogP contribution in [0.2, 0.25) is 0 Å². The first-order chi connectivity index (χ1) is 7.51. The van der Waals surface area contributed by atoms with Crippen LogP contribution in [0.1, 0.15) is 21.5 Å². The zero-order chi connectivity index (χ0) is 12.3. The molecule has 0 fully saturated rings. The number of nitrogens with one attached hydrogen (secondary N) is 1. The van der Waals surface area contributed by atoms with E-state index >= 15 is 0 Å². The third-order valence-corrected chi connectivity index (χ3v) is 2.42. The van der Waals surface area contributed by atoms with E-state index in [4.69, 9.17) is 4.74 Å². The number of carbonyl (C=O) groups is 2. The van der Waals surface area contributed by atoms with Gasteiger partial charge in [-0.25, -0.2) is 0 Å². The quantitative estimate of drug-likeness (QED) is 0.617. The minimum atomic E-state index is -0.604. The molecule has 0 bridgehead atoms. The van der Waals surface area contributed by atoms with Crippen molar-refractivity contribution >= 4 is 11.7 Å². The molecule has 86 valence electrons. The molecule has 0 saturated carbocycles. The van der Waals surface area contributed by atoms with Crippen LogP contribution < -0.4 is 10.1 Å². The van der Waals surface area contributed by atoms with E-state index < -0.39 is 11.7 Å². The summed E-state index contributed by atoms with van der Waals surface area (Å²) < 4.78 is 5.14. The van der Waals surface area contributed by atoms with Crippen molar-refractivity contribution in [3.8, 4) is 5.75 Å². The zero-order valence-electron chi connectivity index (χ0n) is 9.88. The maximum atomic E-state index is 11.7. The molecular formula is C12H15NO3. The maximum Gasteiger partial charge on any atom is 0.292 e. The lowest BCUT2D eigenvalue weighted by atomic mass is 10.0. The number of ether oxygens (including phenoxy) is 1. The molecule has 0 atom stereocenters. The van der Waals surface area contributed by atoms with Crippen LogP contribution in [0.3, 0.4) is 0 Å². The highest BCUT2D eigenvalue weighted by Gasteiger charge is 2.18. The third kappa shape index (κ3) is 2.21. The van der Waals surface area contributed by atoms with Gasteiger partial charge in [0.1, 0.15) is 5.75 Å². The van der Waals surface area contributed by atoms with Gasteiger partial charge in [-0.15, -0.1) is 0 Å². The normalized spacial score (nSPS) is 9.75. The molecular weight excluding hydrogens is 206 g/mol. The van der Waals surface area contributed by atoms with E-state index in [2.05, 4.69) is 5.32 Å². The summed E-state index contributed by atoms with van der Waals surface area (Å²) in [6.07, 6.45) is 0. The van der Waals surface area contributed by atoms with Crippen LogP contribution in [0.4, 0.5) is 0 Å². The number of Topliss-reactive ketones (excluding diaryl/α,β-unsaturated/α-hetero) is 1. The Hall–Kier alpha value is -1.84. The van der Waals surface area contributed by atoms with E-state index in [1.165, 1.54) is 7.05 Å². The van der Waals surface area contributed by atoms with Gasteiger partial charge >= 0.3 is 0 Å². The number of likely N-dealkylation sites (N-methyl/N-ethyl adjacent to an activating group) is 1. The van der Waals surface area contributed by atoms with Crippen molar-refractivity contribution in [1.82, 2.24) is 5.32 Å². The number of rotatable bonds is 3. The number of hydrogen-bond donors (Lipinski definition) is 1. The second-order valence-corrected chi connectivity index (χ2v) is 3.54. The predicted molar refractivity (Wildman–Crippen MR) is 60.9 cm³/mol. The monoisotopic (exact) mass is 221 g/mol.